The summed E-state index contributed by atoms with van der Waals surface area (Å²) in [5.41, 5.74) is 1.62. The van der Waals surface area contributed by atoms with Crippen LogP contribution in [0.3, 0.4) is 0 Å². The zero-order valence-electron chi connectivity index (χ0n) is 15.0. The first-order valence-electron chi connectivity index (χ1n) is 8.69. The van der Waals surface area contributed by atoms with Gasteiger partial charge in [-0.2, -0.15) is 0 Å². The summed E-state index contributed by atoms with van der Waals surface area (Å²) in [4.78, 5) is 27.3. The normalized spacial score (nSPS) is 16.7. The van der Waals surface area contributed by atoms with Crippen LogP contribution in [0.5, 0.6) is 5.75 Å². The van der Waals surface area contributed by atoms with E-state index in [1.165, 1.54) is 23.3 Å². The molecule has 0 saturated carbocycles. The molecule has 28 heavy (non-hydrogen) atoms. The summed E-state index contributed by atoms with van der Waals surface area (Å²) >= 11 is 0. The van der Waals surface area contributed by atoms with E-state index in [1.807, 2.05) is 19.1 Å². The lowest BCUT2D eigenvalue weighted by molar-refractivity contribution is -0.117. The molecule has 0 radical (unpaired) electrons. The van der Waals surface area contributed by atoms with Crippen molar-refractivity contribution in [3.05, 3.63) is 95.1 Å². The van der Waals surface area contributed by atoms with Crippen molar-refractivity contribution >= 4 is 17.4 Å². The predicted molar refractivity (Wildman–Crippen MR) is 102 cm³/mol. The molecule has 140 valence electrons. The third-order valence-corrected chi connectivity index (χ3v) is 4.82. The molecule has 1 aromatic heterocycles. The van der Waals surface area contributed by atoms with E-state index in [0.717, 1.165) is 5.56 Å². The highest BCUT2D eigenvalue weighted by atomic mass is 16.3. The van der Waals surface area contributed by atoms with Gasteiger partial charge in [0.1, 0.15) is 5.75 Å². The number of amides is 1. The van der Waals surface area contributed by atoms with Crippen molar-refractivity contribution in [3.8, 4) is 5.75 Å². The van der Waals surface area contributed by atoms with Crippen molar-refractivity contribution in [2.75, 3.05) is 4.90 Å². The molecule has 2 aromatic carbocycles. The maximum Gasteiger partial charge on any atom is 0.294 e. The van der Waals surface area contributed by atoms with Crippen LogP contribution in [0.4, 0.5) is 5.69 Å². The van der Waals surface area contributed by atoms with Gasteiger partial charge in [-0.15, -0.1) is 0 Å². The van der Waals surface area contributed by atoms with E-state index >= 15 is 0 Å². The SMILES string of the molecule is Cc1ccccc1C1C(C(=O)c2ccco2)=C(O)C(=O)N1c1ccccc1O. The second-order valence-corrected chi connectivity index (χ2v) is 6.49. The Morgan fingerprint density at radius 1 is 1.00 bits per heavy atom. The van der Waals surface area contributed by atoms with Crippen LogP contribution in [0, 0.1) is 6.92 Å². The minimum Gasteiger partial charge on any atom is -0.506 e. The number of anilines is 1. The number of nitrogens with zero attached hydrogens (tertiary/aromatic N) is 1. The van der Waals surface area contributed by atoms with Gasteiger partial charge in [-0.25, -0.2) is 0 Å². The van der Waals surface area contributed by atoms with Gasteiger partial charge in [0.05, 0.1) is 23.6 Å². The van der Waals surface area contributed by atoms with Crippen LogP contribution in [-0.4, -0.2) is 21.9 Å². The summed E-state index contributed by atoms with van der Waals surface area (Å²) in [6, 6.07) is 15.7. The van der Waals surface area contributed by atoms with Gasteiger partial charge < -0.3 is 14.6 Å². The number of carbonyl (C=O) groups excluding carboxylic acids is 2. The van der Waals surface area contributed by atoms with E-state index in [1.54, 1.807) is 36.4 Å². The Balaban J connectivity index is 1.94. The number of aliphatic hydroxyl groups excluding tert-OH is 1. The molecule has 1 amide bonds. The highest BCUT2D eigenvalue weighted by Gasteiger charge is 2.46. The van der Waals surface area contributed by atoms with Crippen LogP contribution in [-0.2, 0) is 4.79 Å². The lowest BCUT2D eigenvalue weighted by atomic mass is 9.92. The topological polar surface area (TPSA) is 91.0 Å². The lowest BCUT2D eigenvalue weighted by Crippen LogP contribution is -2.31. The number of aromatic hydroxyl groups is 1. The van der Waals surface area contributed by atoms with Crippen molar-refractivity contribution in [2.45, 2.75) is 13.0 Å². The summed E-state index contributed by atoms with van der Waals surface area (Å²) in [6.45, 7) is 1.85. The van der Waals surface area contributed by atoms with Crippen LogP contribution >= 0.6 is 0 Å². The van der Waals surface area contributed by atoms with Gasteiger partial charge in [0.25, 0.3) is 5.91 Å². The fourth-order valence-corrected chi connectivity index (χ4v) is 3.48. The maximum atomic E-state index is 13.1. The largest absolute Gasteiger partial charge is 0.506 e. The molecule has 2 N–H and O–H groups in total. The molecule has 2 heterocycles. The Hall–Kier alpha value is -3.80. The van der Waals surface area contributed by atoms with E-state index in [0.29, 0.717) is 5.56 Å². The van der Waals surface area contributed by atoms with Gasteiger partial charge in [-0.1, -0.05) is 36.4 Å². The molecule has 0 fully saturated rings. The Morgan fingerprint density at radius 3 is 2.39 bits per heavy atom. The quantitative estimate of drug-likeness (QED) is 0.671. The van der Waals surface area contributed by atoms with Crippen molar-refractivity contribution in [1.29, 1.82) is 0 Å². The average Bonchev–Trinajstić information content (AvgIpc) is 3.31. The molecule has 6 heteroatoms. The van der Waals surface area contributed by atoms with Crippen LogP contribution in [0.25, 0.3) is 0 Å². The molecule has 3 aromatic rings. The molecule has 0 bridgehead atoms. The third kappa shape index (κ3) is 2.66. The van der Waals surface area contributed by atoms with Crippen LogP contribution in [0.2, 0.25) is 0 Å². The lowest BCUT2D eigenvalue weighted by Gasteiger charge is -2.28. The van der Waals surface area contributed by atoms with Gasteiger partial charge in [0.15, 0.2) is 11.5 Å². The minimum absolute atomic E-state index is 0.0204. The van der Waals surface area contributed by atoms with E-state index in [2.05, 4.69) is 0 Å². The standard InChI is InChI=1S/C22H17NO5/c1-13-7-2-3-8-14(13)19-18(20(25)17-11-6-12-28-17)21(26)22(27)23(19)15-9-4-5-10-16(15)24/h2-12,19,24,26H,1H3. The Morgan fingerprint density at radius 2 is 1.71 bits per heavy atom. The summed E-state index contributed by atoms with van der Waals surface area (Å²) in [5.74, 6) is -2.11. The van der Waals surface area contributed by atoms with Crippen LogP contribution in [0.15, 0.2) is 82.7 Å². The average molecular weight is 375 g/mol. The Labute approximate surface area is 161 Å². The number of benzene rings is 2. The smallest absolute Gasteiger partial charge is 0.294 e. The number of phenols is 1. The van der Waals surface area contributed by atoms with Crippen molar-refractivity contribution in [3.63, 3.8) is 0 Å². The number of hydrogen-bond donors (Lipinski definition) is 2. The van der Waals surface area contributed by atoms with Crippen LogP contribution in [0.1, 0.15) is 27.7 Å². The molecule has 1 unspecified atom stereocenters. The molecule has 1 atom stereocenters. The molecule has 6 nitrogen and oxygen atoms in total. The number of phenolic OH excluding ortho intramolecular Hbond substituents is 1. The summed E-state index contributed by atoms with van der Waals surface area (Å²) in [5, 5.41) is 20.9. The zero-order chi connectivity index (χ0) is 19.8. The summed E-state index contributed by atoms with van der Waals surface area (Å²) in [7, 11) is 0. The number of furan rings is 1. The maximum absolute atomic E-state index is 13.1. The van der Waals surface area contributed by atoms with E-state index in [9.17, 15) is 19.8 Å². The molecular weight excluding hydrogens is 358 g/mol. The number of Topliss-reactive ketones (excluding diaryl/α,β-unsaturated/α-hetero) is 1. The first-order valence-corrected chi connectivity index (χ1v) is 8.69. The van der Waals surface area contributed by atoms with Crippen molar-refractivity contribution in [2.24, 2.45) is 0 Å². The van der Waals surface area contributed by atoms with Gasteiger partial charge in [-0.05, 0) is 42.3 Å². The minimum atomic E-state index is -0.903. The molecule has 0 aliphatic carbocycles. The number of hydrogen-bond acceptors (Lipinski definition) is 5. The molecular formula is C22H17NO5. The first-order chi connectivity index (χ1) is 13.5. The van der Waals surface area contributed by atoms with E-state index < -0.39 is 23.5 Å². The Kier molecular flexibility index (Phi) is 4.24. The van der Waals surface area contributed by atoms with Crippen molar-refractivity contribution in [1.82, 2.24) is 0 Å². The fraction of sp³-hybridized carbons (Fsp3) is 0.0909. The number of carbonyl (C=O) groups is 2. The monoisotopic (exact) mass is 375 g/mol. The Bertz CT molecular complexity index is 1100. The van der Waals surface area contributed by atoms with E-state index in [4.69, 9.17) is 4.42 Å². The zero-order valence-corrected chi connectivity index (χ0v) is 15.0. The number of ketones is 1. The summed E-state index contributed by atoms with van der Waals surface area (Å²) < 4.78 is 5.20. The molecule has 4 rings (SSSR count). The number of aliphatic hydroxyl groups is 1. The van der Waals surface area contributed by atoms with Crippen molar-refractivity contribution < 1.29 is 24.2 Å². The second-order valence-electron chi connectivity index (χ2n) is 6.49. The van der Waals surface area contributed by atoms with Gasteiger partial charge >= 0.3 is 0 Å². The van der Waals surface area contributed by atoms with Gasteiger partial charge in [-0.3, -0.25) is 14.5 Å². The predicted octanol–water partition coefficient (Wildman–Crippen LogP) is 4.08. The third-order valence-electron chi connectivity index (χ3n) is 4.82. The van der Waals surface area contributed by atoms with Gasteiger partial charge in [0, 0.05) is 0 Å². The van der Waals surface area contributed by atoms with E-state index in [-0.39, 0.29) is 22.8 Å². The van der Waals surface area contributed by atoms with Crippen LogP contribution < -0.4 is 4.90 Å². The summed E-state index contributed by atoms with van der Waals surface area (Å²) in [6.07, 6.45) is 1.35. The number of aryl methyl sites for hydroxylation is 1. The highest BCUT2D eigenvalue weighted by molar-refractivity contribution is 6.20. The second kappa shape index (κ2) is 6.74. The highest BCUT2D eigenvalue weighted by Crippen LogP contribution is 2.45. The molecule has 0 saturated heterocycles. The molecule has 0 spiro atoms. The number of rotatable bonds is 4. The number of para-hydroxylation sites is 2. The fourth-order valence-electron chi connectivity index (χ4n) is 3.48. The molecule has 1 aliphatic heterocycles. The molecule has 1 aliphatic rings. The van der Waals surface area contributed by atoms with Gasteiger partial charge in [0.2, 0.25) is 5.78 Å². The first kappa shape index (κ1) is 17.6.